The summed E-state index contributed by atoms with van der Waals surface area (Å²) in [5.41, 5.74) is 5.77. The van der Waals surface area contributed by atoms with Gasteiger partial charge in [0.2, 0.25) is 0 Å². The van der Waals surface area contributed by atoms with Crippen LogP contribution in [-0.2, 0) is 19.7 Å². The largest absolute Gasteiger partial charge is 0.411 e. The average molecular weight is 929 g/mol. The van der Waals surface area contributed by atoms with E-state index in [-0.39, 0.29) is 15.6 Å². The van der Waals surface area contributed by atoms with Crippen LogP contribution >= 0.6 is 45.9 Å². The molecule has 4 heterocycles. The zero-order valence-electron chi connectivity index (χ0n) is 32.8. The lowest BCUT2D eigenvalue weighted by molar-refractivity contribution is 0.101. The van der Waals surface area contributed by atoms with Crippen molar-refractivity contribution in [2.24, 2.45) is 5.16 Å². The maximum Gasteiger partial charge on any atom is 0.180 e. The van der Waals surface area contributed by atoms with Crippen LogP contribution in [0.1, 0.15) is 30.0 Å². The minimum absolute atomic E-state index is 0.139. The predicted octanol–water partition coefficient (Wildman–Crippen LogP) is 11.1. The molecular weight excluding hydrogens is 894 g/mol. The average Bonchev–Trinajstić information content (AvgIpc) is 4.07. The van der Waals surface area contributed by atoms with Crippen molar-refractivity contribution in [2.75, 3.05) is 12.5 Å². The number of ketones is 1. The van der Waals surface area contributed by atoms with E-state index < -0.39 is 19.7 Å². The van der Waals surface area contributed by atoms with E-state index in [1.165, 1.54) is 42.1 Å². The molecule has 310 valence electrons. The number of thiophene rings is 2. The fourth-order valence-corrected chi connectivity index (χ4v) is 9.92. The SMILES string of the molecule is C/C(=N/O)c1cc(-c2ccc(-c3cccc(S(C)(=O)=O)c3)s2)n(-c2ccccc2Cl)n1.CC(=O)c1cc(-c2ccc(-c3cccc(S(C)(=O)=O)c3)s2)n(-c2ccccc2Cl)n1. The Morgan fingerprint density at radius 2 is 0.984 bits per heavy atom. The molecule has 0 saturated carbocycles. The van der Waals surface area contributed by atoms with Crippen LogP contribution in [0.3, 0.4) is 0 Å². The molecule has 0 bridgehead atoms. The minimum atomic E-state index is -3.30. The Balaban J connectivity index is 0.000000184. The van der Waals surface area contributed by atoms with Gasteiger partial charge in [0.15, 0.2) is 25.5 Å². The van der Waals surface area contributed by atoms with E-state index in [1.54, 1.807) is 70.9 Å². The Hall–Kier alpha value is -5.68. The van der Waals surface area contributed by atoms with Gasteiger partial charge in [-0.2, -0.15) is 10.2 Å². The molecule has 8 aromatic rings. The van der Waals surface area contributed by atoms with Gasteiger partial charge in [0, 0.05) is 29.2 Å². The van der Waals surface area contributed by atoms with Crippen molar-refractivity contribution in [3.8, 4) is 53.4 Å². The smallest absolute Gasteiger partial charge is 0.180 e. The Labute approximate surface area is 370 Å². The second-order valence-electron chi connectivity index (χ2n) is 13.7. The van der Waals surface area contributed by atoms with E-state index in [0.717, 1.165) is 42.0 Å². The standard InChI is InChI=1S/C22H18ClN3O3S2.C22H17ClN2O3S2/c1-14(25-27)18-13-20(26(24-18)19-9-4-3-8-17(19)23)22-11-10-21(30-22)15-6-5-7-16(12-15)31(2,28)29;1-14(26)18-13-20(25(24-18)19-9-4-3-8-17(19)23)22-11-10-21(29-22)15-6-5-7-16(12-15)30(2,27)28/h3-13,27H,1-2H3;3-13H,1-2H3/b25-14-;. The van der Waals surface area contributed by atoms with Crippen LogP contribution in [0.2, 0.25) is 10.0 Å². The van der Waals surface area contributed by atoms with Gasteiger partial charge in [0.25, 0.3) is 0 Å². The summed E-state index contributed by atoms with van der Waals surface area (Å²) in [6.45, 7) is 3.14. The molecule has 0 fully saturated rings. The first-order valence-corrected chi connectivity index (χ1v) is 24.4. The van der Waals surface area contributed by atoms with Crippen molar-refractivity contribution in [3.63, 3.8) is 0 Å². The van der Waals surface area contributed by atoms with Gasteiger partial charge in [-0.3, -0.25) is 4.79 Å². The number of hydrogen-bond acceptors (Lipinski definition) is 11. The second-order valence-corrected chi connectivity index (χ2v) is 20.7. The van der Waals surface area contributed by atoms with Crippen LogP contribution in [0.5, 0.6) is 0 Å². The lowest BCUT2D eigenvalue weighted by Crippen LogP contribution is -2.02. The lowest BCUT2D eigenvalue weighted by Gasteiger charge is -2.08. The zero-order chi connectivity index (χ0) is 43.6. The number of oxime groups is 1. The summed E-state index contributed by atoms with van der Waals surface area (Å²) in [4.78, 5) is 16.1. The first-order valence-electron chi connectivity index (χ1n) is 18.2. The Morgan fingerprint density at radius 1 is 0.574 bits per heavy atom. The van der Waals surface area contributed by atoms with E-state index in [0.29, 0.717) is 38.5 Å². The van der Waals surface area contributed by atoms with Gasteiger partial charge in [0.1, 0.15) is 17.1 Å². The van der Waals surface area contributed by atoms with E-state index in [1.807, 2.05) is 78.9 Å². The summed E-state index contributed by atoms with van der Waals surface area (Å²) in [5.74, 6) is -0.139. The number of Topliss-reactive ketones (excluding diaryl/α,β-unsaturated/α-hetero) is 1. The molecular formula is C44H35Cl2N5O6S4. The van der Waals surface area contributed by atoms with Crippen LogP contribution < -0.4 is 0 Å². The van der Waals surface area contributed by atoms with E-state index in [9.17, 15) is 26.8 Å². The number of carbonyl (C=O) groups is 1. The maximum atomic E-state index is 12.0. The van der Waals surface area contributed by atoms with Crippen molar-refractivity contribution in [1.82, 2.24) is 19.6 Å². The zero-order valence-corrected chi connectivity index (χ0v) is 37.6. The third-order valence-electron chi connectivity index (χ3n) is 9.27. The molecule has 0 spiro atoms. The molecule has 0 radical (unpaired) electrons. The van der Waals surface area contributed by atoms with E-state index >= 15 is 0 Å². The van der Waals surface area contributed by atoms with Crippen molar-refractivity contribution < 1.29 is 26.8 Å². The highest BCUT2D eigenvalue weighted by Crippen LogP contribution is 2.39. The summed E-state index contributed by atoms with van der Waals surface area (Å²) < 4.78 is 51.0. The quantitative estimate of drug-likeness (QED) is 0.0615. The lowest BCUT2D eigenvalue weighted by atomic mass is 10.2. The molecule has 0 aliphatic carbocycles. The van der Waals surface area contributed by atoms with Crippen LogP contribution in [-0.4, -0.2) is 65.6 Å². The second kappa shape index (κ2) is 17.7. The molecule has 8 rings (SSSR count). The highest BCUT2D eigenvalue weighted by Gasteiger charge is 2.20. The number of halogens is 2. The normalized spacial score (nSPS) is 11.9. The summed E-state index contributed by atoms with van der Waals surface area (Å²) in [6.07, 6.45) is 2.39. The summed E-state index contributed by atoms with van der Waals surface area (Å²) in [7, 11) is -6.59. The highest BCUT2D eigenvalue weighted by atomic mass is 35.5. The summed E-state index contributed by atoms with van der Waals surface area (Å²) >= 11 is 15.8. The van der Waals surface area contributed by atoms with E-state index in [4.69, 9.17) is 23.2 Å². The number of para-hydroxylation sites is 2. The molecule has 0 unspecified atom stereocenters. The topological polar surface area (TPSA) is 154 Å². The number of hydrogen-bond donors (Lipinski definition) is 1. The summed E-state index contributed by atoms with van der Waals surface area (Å²) in [5, 5.41) is 22.6. The van der Waals surface area contributed by atoms with Gasteiger partial charge in [-0.1, -0.05) is 76.9 Å². The van der Waals surface area contributed by atoms with E-state index in [2.05, 4.69) is 15.4 Å². The van der Waals surface area contributed by atoms with Crippen LogP contribution in [0, 0.1) is 0 Å². The molecule has 17 heteroatoms. The van der Waals surface area contributed by atoms with Crippen LogP contribution in [0.4, 0.5) is 0 Å². The Morgan fingerprint density at radius 3 is 1.39 bits per heavy atom. The number of rotatable bonds is 10. The van der Waals surface area contributed by atoms with Gasteiger partial charge in [0.05, 0.1) is 52.4 Å². The number of aromatic nitrogens is 4. The summed E-state index contributed by atoms with van der Waals surface area (Å²) in [6, 6.07) is 39.7. The van der Waals surface area contributed by atoms with Crippen molar-refractivity contribution in [2.45, 2.75) is 23.6 Å². The number of benzene rings is 4. The van der Waals surface area contributed by atoms with Crippen LogP contribution in [0.15, 0.2) is 148 Å². The Kier molecular flexibility index (Phi) is 12.6. The molecule has 4 aromatic carbocycles. The third kappa shape index (κ3) is 9.62. The van der Waals surface area contributed by atoms with Crippen molar-refractivity contribution in [1.29, 1.82) is 0 Å². The third-order valence-corrected chi connectivity index (χ3v) is 14.4. The highest BCUT2D eigenvalue weighted by molar-refractivity contribution is 7.91. The van der Waals surface area contributed by atoms with Crippen molar-refractivity contribution >= 4 is 77.0 Å². The van der Waals surface area contributed by atoms with Gasteiger partial charge >= 0.3 is 0 Å². The molecule has 61 heavy (non-hydrogen) atoms. The molecule has 0 aliphatic rings. The monoisotopic (exact) mass is 927 g/mol. The van der Waals surface area contributed by atoms with Gasteiger partial charge in [-0.15, -0.1) is 22.7 Å². The maximum absolute atomic E-state index is 12.0. The van der Waals surface area contributed by atoms with Crippen LogP contribution in [0.25, 0.3) is 53.4 Å². The fourth-order valence-electron chi connectivity index (χ4n) is 6.15. The molecule has 0 saturated heterocycles. The fraction of sp³-hybridized carbons (Fsp3) is 0.0909. The molecule has 0 amide bonds. The molecule has 0 atom stereocenters. The Bertz CT molecular complexity index is 3200. The van der Waals surface area contributed by atoms with Gasteiger partial charge in [-0.05, 0) is 103 Å². The minimum Gasteiger partial charge on any atom is -0.411 e. The first-order chi connectivity index (χ1) is 29.0. The molecule has 11 nitrogen and oxygen atoms in total. The molecule has 4 aromatic heterocycles. The molecule has 1 N–H and O–H groups in total. The molecule has 0 aliphatic heterocycles. The number of nitrogens with zero attached hydrogens (tertiary/aromatic N) is 5. The van der Waals surface area contributed by atoms with Gasteiger partial charge < -0.3 is 5.21 Å². The van der Waals surface area contributed by atoms with Crippen molar-refractivity contribution in [3.05, 3.63) is 155 Å². The predicted molar refractivity (Wildman–Crippen MR) is 245 cm³/mol. The first kappa shape index (κ1) is 43.4. The number of sulfone groups is 2. The van der Waals surface area contributed by atoms with Gasteiger partial charge in [-0.25, -0.2) is 26.2 Å². The number of carbonyl (C=O) groups excluding carboxylic acids is 1.